The summed E-state index contributed by atoms with van der Waals surface area (Å²) in [5.74, 6) is 1.40. The minimum atomic E-state index is -0.505. The average Bonchev–Trinajstić information content (AvgIpc) is 2.88. The summed E-state index contributed by atoms with van der Waals surface area (Å²) in [7, 11) is 0. The van der Waals surface area contributed by atoms with Crippen LogP contribution in [0.1, 0.15) is 38.5 Å². The van der Waals surface area contributed by atoms with E-state index in [4.69, 9.17) is 0 Å². The van der Waals surface area contributed by atoms with Gasteiger partial charge in [0.25, 0.3) is 0 Å². The van der Waals surface area contributed by atoms with Gasteiger partial charge in [-0.3, -0.25) is 4.79 Å². The minimum Gasteiger partial charge on any atom is -0.386 e. The molecule has 0 bridgehead atoms. The van der Waals surface area contributed by atoms with E-state index in [9.17, 15) is 9.90 Å². The fourth-order valence-corrected chi connectivity index (χ4v) is 2.74. The van der Waals surface area contributed by atoms with Crippen molar-refractivity contribution in [1.82, 2.24) is 4.90 Å². The molecule has 1 saturated heterocycles. The van der Waals surface area contributed by atoms with E-state index in [-0.39, 0.29) is 5.91 Å². The van der Waals surface area contributed by atoms with E-state index in [1.54, 1.807) is 0 Å². The van der Waals surface area contributed by atoms with E-state index in [0.29, 0.717) is 24.9 Å². The second kappa shape index (κ2) is 3.21. The number of aliphatic hydroxyl groups is 1. The lowest BCUT2D eigenvalue weighted by Gasteiger charge is -2.47. The highest BCUT2D eigenvalue weighted by molar-refractivity contribution is 5.77. The number of nitrogens with zero attached hydrogens (tertiary/aromatic N) is 1. The zero-order valence-corrected chi connectivity index (χ0v) is 9.11. The van der Waals surface area contributed by atoms with Gasteiger partial charge in [0.15, 0.2) is 0 Å². The maximum absolute atomic E-state index is 11.8. The van der Waals surface area contributed by atoms with Gasteiger partial charge in [-0.25, -0.2) is 0 Å². The van der Waals surface area contributed by atoms with Crippen LogP contribution in [0.2, 0.25) is 0 Å². The van der Waals surface area contributed by atoms with Crippen LogP contribution in [-0.4, -0.2) is 34.6 Å². The van der Waals surface area contributed by atoms with Gasteiger partial charge >= 0.3 is 0 Å². The Kier molecular flexibility index (Phi) is 2.06. The summed E-state index contributed by atoms with van der Waals surface area (Å²) in [6.45, 7) is 1.20. The van der Waals surface area contributed by atoms with E-state index in [0.717, 1.165) is 19.3 Å². The van der Waals surface area contributed by atoms with Crippen molar-refractivity contribution in [3.8, 4) is 0 Å². The van der Waals surface area contributed by atoms with Gasteiger partial charge in [0.05, 0.1) is 13.1 Å². The predicted molar refractivity (Wildman–Crippen MR) is 56.2 cm³/mol. The molecule has 0 radical (unpaired) electrons. The molecule has 3 nitrogen and oxygen atoms in total. The van der Waals surface area contributed by atoms with E-state index >= 15 is 0 Å². The third-order valence-electron chi connectivity index (χ3n) is 4.31. The summed E-state index contributed by atoms with van der Waals surface area (Å²) < 4.78 is 0. The number of β-amino-alcohol motifs (C(OH)–C–C–N with tert-alkyl or cyclic N) is 1. The molecule has 1 N–H and O–H groups in total. The molecule has 3 aliphatic rings. The SMILES string of the molecule is O=C(CC1CCC1)N1CC(O)(C2CC2)C1. The van der Waals surface area contributed by atoms with Crippen molar-refractivity contribution in [2.75, 3.05) is 13.1 Å². The Morgan fingerprint density at radius 1 is 1.27 bits per heavy atom. The zero-order valence-electron chi connectivity index (χ0n) is 9.11. The summed E-state index contributed by atoms with van der Waals surface area (Å²) in [6, 6.07) is 0. The largest absolute Gasteiger partial charge is 0.386 e. The van der Waals surface area contributed by atoms with Crippen molar-refractivity contribution in [3.63, 3.8) is 0 Å². The first-order valence-corrected chi connectivity index (χ1v) is 6.17. The van der Waals surface area contributed by atoms with Gasteiger partial charge in [-0.05, 0) is 37.5 Å². The Bertz CT molecular complexity index is 275. The molecule has 84 valence electrons. The lowest BCUT2D eigenvalue weighted by Crippen LogP contribution is -2.64. The third-order valence-corrected chi connectivity index (χ3v) is 4.31. The summed E-state index contributed by atoms with van der Waals surface area (Å²) in [5.41, 5.74) is -0.505. The summed E-state index contributed by atoms with van der Waals surface area (Å²) in [4.78, 5) is 13.6. The Balaban J connectivity index is 1.46. The van der Waals surface area contributed by atoms with Gasteiger partial charge in [0.1, 0.15) is 5.60 Å². The lowest BCUT2D eigenvalue weighted by molar-refractivity contribution is -0.160. The summed E-state index contributed by atoms with van der Waals surface area (Å²) in [6.07, 6.45) is 6.78. The molecule has 2 aliphatic carbocycles. The van der Waals surface area contributed by atoms with Crippen LogP contribution in [0.5, 0.6) is 0 Å². The quantitative estimate of drug-likeness (QED) is 0.757. The van der Waals surface area contributed by atoms with Gasteiger partial charge in [-0.2, -0.15) is 0 Å². The van der Waals surface area contributed by atoms with E-state index in [2.05, 4.69) is 0 Å². The first-order valence-electron chi connectivity index (χ1n) is 6.17. The van der Waals surface area contributed by atoms with Gasteiger partial charge < -0.3 is 10.0 Å². The predicted octanol–water partition coefficient (Wildman–Crippen LogP) is 1.16. The van der Waals surface area contributed by atoms with Crippen molar-refractivity contribution in [2.45, 2.75) is 44.1 Å². The molecular weight excluding hydrogens is 190 g/mol. The summed E-state index contributed by atoms with van der Waals surface area (Å²) in [5, 5.41) is 10.1. The molecule has 1 heterocycles. The monoisotopic (exact) mass is 209 g/mol. The Labute approximate surface area is 90.5 Å². The second-order valence-corrected chi connectivity index (χ2v) is 5.63. The topological polar surface area (TPSA) is 40.5 Å². The summed E-state index contributed by atoms with van der Waals surface area (Å²) >= 11 is 0. The molecule has 0 spiro atoms. The van der Waals surface area contributed by atoms with Crippen LogP contribution >= 0.6 is 0 Å². The first-order chi connectivity index (χ1) is 7.17. The number of carbonyl (C=O) groups is 1. The van der Waals surface area contributed by atoms with Gasteiger partial charge in [-0.15, -0.1) is 0 Å². The Hall–Kier alpha value is -0.570. The molecule has 15 heavy (non-hydrogen) atoms. The van der Waals surface area contributed by atoms with Gasteiger partial charge in [0.2, 0.25) is 5.91 Å². The lowest BCUT2D eigenvalue weighted by atomic mass is 9.81. The smallest absolute Gasteiger partial charge is 0.223 e. The van der Waals surface area contributed by atoms with Crippen LogP contribution < -0.4 is 0 Å². The molecule has 0 atom stereocenters. The number of amides is 1. The standard InChI is InChI=1S/C12H19NO2/c14-11(6-9-2-1-3-9)13-7-12(15,8-13)10-4-5-10/h9-10,15H,1-8H2. The van der Waals surface area contributed by atoms with E-state index in [1.807, 2.05) is 4.90 Å². The maximum Gasteiger partial charge on any atom is 0.223 e. The molecule has 1 amide bonds. The highest BCUT2D eigenvalue weighted by Crippen LogP contribution is 2.45. The number of hydrogen-bond donors (Lipinski definition) is 1. The van der Waals surface area contributed by atoms with Crippen LogP contribution in [0.3, 0.4) is 0 Å². The number of likely N-dealkylation sites (tertiary alicyclic amines) is 1. The van der Waals surface area contributed by atoms with Crippen LogP contribution in [0, 0.1) is 11.8 Å². The molecule has 0 aromatic carbocycles. The van der Waals surface area contributed by atoms with Gasteiger partial charge in [0, 0.05) is 6.42 Å². The molecule has 3 heteroatoms. The zero-order chi connectivity index (χ0) is 10.5. The van der Waals surface area contributed by atoms with Crippen LogP contribution in [-0.2, 0) is 4.79 Å². The molecule has 1 aliphatic heterocycles. The molecule has 3 rings (SSSR count). The molecule has 0 aromatic heterocycles. The molecule has 0 unspecified atom stereocenters. The fourth-order valence-electron chi connectivity index (χ4n) is 2.74. The Morgan fingerprint density at radius 3 is 2.40 bits per heavy atom. The molecule has 0 aromatic rings. The third kappa shape index (κ3) is 1.67. The normalized spacial score (nSPS) is 29.5. The number of carbonyl (C=O) groups excluding carboxylic acids is 1. The second-order valence-electron chi connectivity index (χ2n) is 5.63. The molecule has 3 fully saturated rings. The fraction of sp³-hybridized carbons (Fsp3) is 0.917. The maximum atomic E-state index is 11.8. The van der Waals surface area contributed by atoms with Crippen LogP contribution in [0.25, 0.3) is 0 Å². The van der Waals surface area contributed by atoms with Crippen molar-refractivity contribution in [1.29, 1.82) is 0 Å². The Morgan fingerprint density at radius 2 is 1.93 bits per heavy atom. The van der Waals surface area contributed by atoms with Gasteiger partial charge in [-0.1, -0.05) is 6.42 Å². The van der Waals surface area contributed by atoms with Crippen LogP contribution in [0.4, 0.5) is 0 Å². The number of hydrogen-bond acceptors (Lipinski definition) is 2. The van der Waals surface area contributed by atoms with Crippen molar-refractivity contribution < 1.29 is 9.90 Å². The molecular formula is C12H19NO2. The van der Waals surface area contributed by atoms with Crippen molar-refractivity contribution in [2.24, 2.45) is 11.8 Å². The van der Waals surface area contributed by atoms with Crippen LogP contribution in [0.15, 0.2) is 0 Å². The molecule has 2 saturated carbocycles. The van der Waals surface area contributed by atoms with E-state index in [1.165, 1.54) is 19.3 Å². The minimum absolute atomic E-state index is 0.269. The first kappa shape index (κ1) is 9.64. The van der Waals surface area contributed by atoms with E-state index < -0.39 is 5.60 Å². The van der Waals surface area contributed by atoms with Crippen molar-refractivity contribution >= 4 is 5.91 Å². The average molecular weight is 209 g/mol. The highest BCUT2D eigenvalue weighted by atomic mass is 16.3. The van der Waals surface area contributed by atoms with Crippen molar-refractivity contribution in [3.05, 3.63) is 0 Å². The number of rotatable bonds is 3. The highest BCUT2D eigenvalue weighted by Gasteiger charge is 2.53.